The smallest absolute Gasteiger partial charge is 0.135 e. The molecule has 5 aliphatic carbocycles. The number of hydrogen-bond acceptors (Lipinski definition) is 26. The predicted octanol–water partition coefficient (Wildman–Crippen LogP) is 16.8. The van der Waals surface area contributed by atoms with Crippen LogP contribution in [0.4, 0.5) is 28.8 Å². The van der Waals surface area contributed by atoms with Gasteiger partial charge in [-0.2, -0.15) is 0 Å². The maximum Gasteiger partial charge on any atom is 0.135 e. The van der Waals surface area contributed by atoms with E-state index in [0.717, 1.165) is 137 Å². The SMILES string of the molecule is CN(C[C@@H]1Cc2c(N3CCCCC3)ccnc2CN1)[C@H]1CCCc2cccnc21.CN(C[C@@H]1Cc2c(ccnc2N2CCCCC2)CN1)[C@H]1CCCc2cccnc21.CN(C[C@H]1Cc2c(N3CCCCC3)ccnc2CN1)[C@H]1CCCc2cccnc21.CN(C[C@H]1Cc2c(ccnc2N2CCCCC2)CN1)[C@H]1CCCc2cccnc21.CN(C[C@H]1Cc2c(ncnc2N2CCCCC2)CN1)[C@H]1CCCc2cccnc21. The van der Waals surface area contributed by atoms with Gasteiger partial charge in [0.15, 0.2) is 0 Å². The monoisotopic (exact) mass is 1960 g/mol. The van der Waals surface area contributed by atoms with Crippen LogP contribution in [-0.4, -0.2) is 243 Å². The number of aromatic nitrogens is 11. The Hall–Kier alpha value is -9.97. The molecule has 26 nitrogen and oxygen atoms in total. The van der Waals surface area contributed by atoms with Crippen molar-refractivity contribution in [1.29, 1.82) is 0 Å². The summed E-state index contributed by atoms with van der Waals surface area (Å²) in [5.74, 6) is 3.69. The maximum atomic E-state index is 4.82. The van der Waals surface area contributed by atoms with Gasteiger partial charge in [0.2, 0.25) is 0 Å². The molecule has 770 valence electrons. The molecule has 15 aliphatic rings. The fourth-order valence-electron chi connectivity index (χ4n) is 27.3. The molecule has 10 atom stereocenters. The average molecular weight is 1960 g/mol. The maximum absolute atomic E-state index is 4.82. The van der Waals surface area contributed by atoms with Crippen LogP contribution in [0.2, 0.25) is 0 Å². The second-order valence-electron chi connectivity index (χ2n) is 44.8. The van der Waals surface area contributed by atoms with E-state index >= 15 is 0 Å². The molecule has 145 heavy (non-hydrogen) atoms. The van der Waals surface area contributed by atoms with Gasteiger partial charge in [0.25, 0.3) is 0 Å². The Kier molecular flexibility index (Phi) is 34.1. The summed E-state index contributed by atoms with van der Waals surface area (Å²) in [6, 6.07) is 35.1. The molecule has 5 N–H and O–H groups in total. The lowest BCUT2D eigenvalue weighted by Crippen LogP contribution is -2.46. The van der Waals surface area contributed by atoms with Gasteiger partial charge in [0.1, 0.15) is 23.8 Å². The minimum absolute atomic E-state index is 0.427. The highest BCUT2D eigenvalue weighted by atomic mass is 15.3. The lowest BCUT2D eigenvalue weighted by Gasteiger charge is -2.37. The minimum atomic E-state index is 0.427. The summed E-state index contributed by atoms with van der Waals surface area (Å²) < 4.78 is 0. The Morgan fingerprint density at radius 3 is 0.793 bits per heavy atom. The van der Waals surface area contributed by atoms with Gasteiger partial charge in [-0.05, 0) is 365 Å². The van der Waals surface area contributed by atoms with E-state index in [1.54, 1.807) is 6.33 Å². The van der Waals surface area contributed by atoms with E-state index in [1.165, 1.54) is 360 Å². The summed E-state index contributed by atoms with van der Waals surface area (Å²) >= 11 is 0. The Morgan fingerprint density at radius 1 is 0.234 bits per heavy atom. The van der Waals surface area contributed by atoms with Crippen molar-refractivity contribution in [3.8, 4) is 0 Å². The fourth-order valence-corrected chi connectivity index (χ4v) is 27.3. The van der Waals surface area contributed by atoms with Crippen LogP contribution in [0, 0.1) is 0 Å². The third kappa shape index (κ3) is 24.3. The zero-order valence-electron chi connectivity index (χ0n) is 87.9. The quantitative estimate of drug-likeness (QED) is 0.0477. The van der Waals surface area contributed by atoms with Gasteiger partial charge in [-0.15, -0.1) is 0 Å². The Balaban J connectivity index is 0.000000107. The van der Waals surface area contributed by atoms with Crippen LogP contribution in [-0.2, 0) is 96.9 Å². The van der Waals surface area contributed by atoms with E-state index in [1.807, 2.05) is 55.8 Å². The zero-order chi connectivity index (χ0) is 98.2. The first-order valence-electron chi connectivity index (χ1n) is 56.8. The highest BCUT2D eigenvalue weighted by Gasteiger charge is 2.39. The summed E-state index contributed by atoms with van der Waals surface area (Å²) in [5.41, 5.74) is 30.4. The summed E-state index contributed by atoms with van der Waals surface area (Å²) in [5, 5.41) is 18.8. The highest BCUT2D eigenvalue weighted by molar-refractivity contribution is 5.59. The molecule has 10 aromatic rings. The number of aryl methyl sites for hydroxylation is 5. The summed E-state index contributed by atoms with van der Waals surface area (Å²) in [7, 11) is 11.4. The van der Waals surface area contributed by atoms with Crippen LogP contribution in [0.3, 0.4) is 0 Å². The van der Waals surface area contributed by atoms with E-state index in [2.05, 4.69) is 201 Å². The first-order valence-corrected chi connectivity index (χ1v) is 56.8. The first kappa shape index (κ1) is 101. The van der Waals surface area contributed by atoms with Gasteiger partial charge < -0.3 is 51.1 Å². The lowest BCUT2D eigenvalue weighted by atomic mass is 9.90. The normalized spacial score (nSPS) is 24.3. The zero-order valence-corrected chi connectivity index (χ0v) is 87.9. The van der Waals surface area contributed by atoms with Gasteiger partial charge in [-0.1, -0.05) is 30.3 Å². The number of anilines is 5. The molecule has 5 saturated heterocycles. The largest absolute Gasteiger partial charge is 0.371 e. The number of piperidine rings is 5. The molecule has 0 spiro atoms. The number of likely N-dealkylation sites (N-methyl/N-ethyl adjacent to an activating group) is 5. The molecule has 25 rings (SSSR count). The first-order chi connectivity index (χ1) is 71.5. The standard InChI is InChI=1S/4C24H33N5.C23H32N6/c2*1-28(23-9-5-7-18-8-6-11-26-24(18)23)17-19-15-20-21(16-27-19)25-12-10-22(20)29-13-3-2-4-14-29;2*1-28(22-9-5-7-18-8-6-11-25-23(18)22)17-20-15-21-19(16-27-20)10-12-26-24(21)29-13-3-2-4-14-29;1-28(21-9-5-7-17-8-6-10-24-22(17)21)15-18-13-19-20(14-25-18)26-16-27-23(19)29-11-3-2-4-12-29/h2*6,8,10-12,19,23,27H,2-5,7,9,13-17H2,1H3;2*6,8,10-12,20,22,27H,2-5,7,9,13-17H2,1H3;6,8,10,16,18,21,25H,2-5,7,9,11-15H2,1H3/t19-,23+;19-,23-;20-,22+;20-,22-;18-,21+/m10101/s1. The number of pyridine rings is 9. The van der Waals surface area contributed by atoms with Gasteiger partial charge in [0, 0.05) is 245 Å². The Labute approximate surface area is 864 Å². The summed E-state index contributed by atoms with van der Waals surface area (Å²) in [6.07, 6.45) is 62.8. The molecule has 0 radical (unpaired) electrons. The third-order valence-electron chi connectivity index (χ3n) is 35.0. The molecule has 10 aliphatic heterocycles. The van der Waals surface area contributed by atoms with E-state index in [0.29, 0.717) is 60.4 Å². The molecule has 0 bridgehead atoms. The average Bonchev–Trinajstić information content (AvgIpc) is 0.794. The van der Waals surface area contributed by atoms with Gasteiger partial charge in [-0.3, -0.25) is 59.4 Å². The molecular weight excluding hydrogens is 1790 g/mol. The van der Waals surface area contributed by atoms with Gasteiger partial charge in [0.05, 0.1) is 75.8 Å². The van der Waals surface area contributed by atoms with E-state index in [9.17, 15) is 0 Å². The van der Waals surface area contributed by atoms with Crippen molar-refractivity contribution < 1.29 is 0 Å². The molecular formula is C119H164N26. The van der Waals surface area contributed by atoms with Crippen molar-refractivity contribution in [3.63, 3.8) is 0 Å². The number of nitrogens with one attached hydrogen (secondary N) is 5. The topological polar surface area (TPSA) is 234 Å². The number of nitrogens with zero attached hydrogens (tertiary/aromatic N) is 21. The van der Waals surface area contributed by atoms with Crippen LogP contribution in [0.25, 0.3) is 0 Å². The molecule has 0 aromatic carbocycles. The second-order valence-corrected chi connectivity index (χ2v) is 44.8. The number of fused-ring (bicyclic) bond motifs is 10. The number of rotatable bonds is 20. The molecule has 0 amide bonds. The van der Waals surface area contributed by atoms with Crippen molar-refractivity contribution in [1.82, 2.24) is 106 Å². The molecule has 0 unspecified atom stereocenters. The van der Waals surface area contributed by atoms with Crippen molar-refractivity contribution in [3.05, 3.63) is 259 Å². The molecule has 5 fully saturated rings. The Morgan fingerprint density at radius 2 is 0.490 bits per heavy atom. The van der Waals surface area contributed by atoms with Crippen LogP contribution in [0.1, 0.15) is 303 Å². The molecule has 20 heterocycles. The summed E-state index contributed by atoms with van der Waals surface area (Å²) in [6.45, 7) is 21.4. The Bertz CT molecular complexity index is 5050. The van der Waals surface area contributed by atoms with Crippen molar-refractivity contribution in [2.75, 3.05) is 158 Å². The van der Waals surface area contributed by atoms with Crippen LogP contribution >= 0.6 is 0 Å². The summed E-state index contributed by atoms with van der Waals surface area (Å²) in [4.78, 5) is 77.4. The van der Waals surface area contributed by atoms with E-state index < -0.39 is 0 Å². The van der Waals surface area contributed by atoms with E-state index in [4.69, 9.17) is 49.8 Å². The van der Waals surface area contributed by atoms with Crippen molar-refractivity contribution in [2.45, 2.75) is 318 Å². The van der Waals surface area contributed by atoms with Gasteiger partial charge >= 0.3 is 0 Å². The third-order valence-corrected chi connectivity index (χ3v) is 35.0. The van der Waals surface area contributed by atoms with E-state index in [-0.39, 0.29) is 0 Å². The van der Waals surface area contributed by atoms with Crippen LogP contribution in [0.15, 0.2) is 147 Å². The van der Waals surface area contributed by atoms with Gasteiger partial charge in [-0.25, -0.2) is 19.9 Å². The number of hydrogen-bond donors (Lipinski definition) is 5. The molecule has 26 heteroatoms. The van der Waals surface area contributed by atoms with Crippen molar-refractivity contribution >= 4 is 28.8 Å². The van der Waals surface area contributed by atoms with Crippen molar-refractivity contribution in [2.24, 2.45) is 0 Å². The minimum Gasteiger partial charge on any atom is -0.371 e. The second kappa shape index (κ2) is 49.0. The molecule has 10 aromatic heterocycles. The predicted molar refractivity (Wildman–Crippen MR) is 584 cm³/mol. The fraction of sp³-hybridized carbons (Fsp3) is 0.588. The van der Waals surface area contributed by atoms with Crippen LogP contribution < -0.4 is 51.1 Å². The van der Waals surface area contributed by atoms with Crippen LogP contribution in [0.5, 0.6) is 0 Å². The lowest BCUT2D eigenvalue weighted by molar-refractivity contribution is 0.190. The molecule has 0 saturated carbocycles. The highest BCUT2D eigenvalue weighted by Crippen LogP contribution is 2.43.